The van der Waals surface area contributed by atoms with Crippen molar-refractivity contribution in [3.63, 3.8) is 0 Å². The Balaban J connectivity index is 0.000000807. The van der Waals surface area contributed by atoms with Crippen LogP contribution in [0.25, 0.3) is 16.3 Å². The minimum Gasteiger partial charge on any atom is -0.464 e. The van der Waals surface area contributed by atoms with E-state index in [1.54, 1.807) is 59.5 Å². The van der Waals surface area contributed by atoms with E-state index in [1.165, 1.54) is 47.5 Å². The van der Waals surface area contributed by atoms with Crippen LogP contribution < -0.4 is 10.8 Å². The number of ketones is 3. The molecule has 24 heteroatoms. The molecule has 5 aromatic rings. The van der Waals surface area contributed by atoms with Crippen molar-refractivity contribution in [2.75, 3.05) is 27.5 Å². The van der Waals surface area contributed by atoms with Gasteiger partial charge in [-0.2, -0.15) is 10.0 Å². The third-order valence-electron chi connectivity index (χ3n) is 5.82. The number of benzene rings is 1. The summed E-state index contributed by atoms with van der Waals surface area (Å²) in [6.45, 7) is 0.527. The minimum absolute atomic E-state index is 0. The summed E-state index contributed by atoms with van der Waals surface area (Å²) in [5.41, 5.74) is 0.254. The molecule has 0 spiro atoms. The normalized spacial score (nSPS) is 10.2. The molecule has 0 bridgehead atoms. The molecule has 1 atom stereocenters. The molecule has 4 N–H and O–H groups in total. The number of para-hydroxylation sites is 1. The number of methoxy groups -OCH3 is 1. The van der Waals surface area contributed by atoms with E-state index >= 15 is 0 Å². The summed E-state index contributed by atoms with van der Waals surface area (Å²) >= 11 is 23.9. The number of hydrazine groups is 1. The zero-order valence-corrected chi connectivity index (χ0v) is 38.1. The van der Waals surface area contributed by atoms with Crippen molar-refractivity contribution in [2.24, 2.45) is 5.84 Å². The Morgan fingerprint density at radius 2 is 1.46 bits per heavy atom. The van der Waals surface area contributed by atoms with Gasteiger partial charge in [0.25, 0.3) is 5.78 Å². The van der Waals surface area contributed by atoms with Gasteiger partial charge in [-0.1, -0.05) is 23.7 Å². The summed E-state index contributed by atoms with van der Waals surface area (Å²) in [6, 6.07) is 16.7. The van der Waals surface area contributed by atoms with Gasteiger partial charge in [0.1, 0.15) is 5.69 Å². The average molecular weight is 1100 g/mol. The van der Waals surface area contributed by atoms with E-state index in [-0.39, 0.29) is 60.6 Å². The summed E-state index contributed by atoms with van der Waals surface area (Å²) in [5.74, 6) is -1.50. The fourth-order valence-electron chi connectivity index (χ4n) is 3.60. The molecule has 0 saturated heterocycles. The number of hydrogen-bond acceptors (Lipinski definition) is 14. The quantitative estimate of drug-likeness (QED) is 0.0231. The number of thiophene rings is 3. The summed E-state index contributed by atoms with van der Waals surface area (Å²) < 4.78 is 52.5. The first-order chi connectivity index (χ1) is 26.1. The third-order valence-corrected chi connectivity index (χ3v) is 11.1. The van der Waals surface area contributed by atoms with E-state index in [0.717, 1.165) is 26.0 Å². The maximum atomic E-state index is 14.8. The molecule has 0 aliphatic carbocycles. The molecule has 0 aliphatic heterocycles. The molecule has 0 fully saturated rings. The van der Waals surface area contributed by atoms with Gasteiger partial charge in [-0.05, 0) is 115 Å². The van der Waals surface area contributed by atoms with Crippen molar-refractivity contribution in [2.45, 2.75) is 13.1 Å². The van der Waals surface area contributed by atoms with E-state index < -0.39 is 48.0 Å². The SMILES string of the molecule is CCOC(=O)C(=O)C(F)C(=O)c1ccc(Br)s1.CO.COC(=O)c1nn(-c2ccccc2Cl)c(-c2ccc(Br)s2)c1F.NNCl.O=C(CF)c1ccc(Br)s1.[Ar]. The second-order valence-electron chi connectivity index (χ2n) is 9.15. The Hall–Kier alpha value is -1.57. The first kappa shape index (κ1) is 54.4. The van der Waals surface area contributed by atoms with Crippen LogP contribution in [0, 0.1) is 43.6 Å². The first-order valence-electron chi connectivity index (χ1n) is 14.5. The van der Waals surface area contributed by atoms with E-state index in [4.69, 9.17) is 16.7 Å². The average Bonchev–Trinajstić information content (AvgIpc) is 3.99. The molecular weight excluding hydrogens is 1070 g/mol. The number of aromatic nitrogens is 2. The molecule has 4 aromatic heterocycles. The van der Waals surface area contributed by atoms with Crippen molar-refractivity contribution >= 4 is 134 Å². The smallest absolute Gasteiger partial charge is 0.378 e. The van der Waals surface area contributed by atoms with Gasteiger partial charge in [0.2, 0.25) is 23.4 Å². The van der Waals surface area contributed by atoms with Crippen LogP contribution in [0.15, 0.2) is 72.0 Å². The predicted molar refractivity (Wildman–Crippen MR) is 217 cm³/mol. The summed E-state index contributed by atoms with van der Waals surface area (Å²) in [7, 11) is 2.18. The molecule has 0 amide bonds. The van der Waals surface area contributed by atoms with E-state index in [0.29, 0.717) is 24.3 Å². The number of aliphatic hydroxyl groups is 1. The molecule has 0 saturated carbocycles. The van der Waals surface area contributed by atoms with Crippen molar-refractivity contribution in [3.8, 4) is 16.3 Å². The van der Waals surface area contributed by atoms with Crippen LogP contribution in [0.4, 0.5) is 13.2 Å². The van der Waals surface area contributed by atoms with Crippen LogP contribution in [0.5, 0.6) is 0 Å². The molecular formula is C32H28ArBr3Cl2F3N4O8S3. The number of nitrogens with two attached hydrogens (primary N) is 1. The number of ether oxygens (including phenoxy) is 2. The minimum atomic E-state index is -2.50. The second kappa shape index (κ2) is 28.8. The molecule has 1 unspecified atom stereocenters. The van der Waals surface area contributed by atoms with Crippen LogP contribution in [0.2, 0.25) is 5.02 Å². The molecule has 56 heavy (non-hydrogen) atoms. The zero-order valence-electron chi connectivity index (χ0n) is 28.6. The topological polar surface area (TPSA) is 180 Å². The van der Waals surface area contributed by atoms with Gasteiger partial charge in [-0.15, -0.1) is 34.0 Å². The number of nitrogens with one attached hydrogen (secondary N) is 1. The molecule has 0 aliphatic rings. The Bertz CT molecular complexity index is 2060. The van der Waals surface area contributed by atoms with Crippen molar-refractivity contribution in [1.29, 1.82) is 0 Å². The van der Waals surface area contributed by atoms with Gasteiger partial charge in [-0.25, -0.2) is 27.4 Å². The second-order valence-corrected chi connectivity index (χ2v) is 17.2. The summed E-state index contributed by atoms with van der Waals surface area (Å²) in [5, 5.41) is 11.5. The van der Waals surface area contributed by atoms with E-state index in [9.17, 15) is 37.1 Å². The van der Waals surface area contributed by atoms with Gasteiger partial charge in [0.15, 0.2) is 12.5 Å². The molecule has 1 aromatic carbocycles. The van der Waals surface area contributed by atoms with E-state index in [2.05, 4.69) is 80.0 Å². The van der Waals surface area contributed by atoms with Crippen LogP contribution in [0.1, 0.15) is 36.8 Å². The van der Waals surface area contributed by atoms with Gasteiger partial charge >= 0.3 is 11.9 Å². The number of alkyl halides is 2. The number of Topliss-reactive ketones (excluding diaryl/α,β-unsaturated/α-hetero) is 3. The maximum absolute atomic E-state index is 14.8. The first-order valence-corrected chi connectivity index (χ1v) is 20.1. The Morgan fingerprint density at radius 1 is 0.946 bits per heavy atom. The van der Waals surface area contributed by atoms with Gasteiger partial charge < -0.3 is 14.6 Å². The number of aliphatic hydroxyl groups excluding tert-OH is 1. The van der Waals surface area contributed by atoms with Crippen LogP contribution in [0.3, 0.4) is 0 Å². The Morgan fingerprint density at radius 3 is 1.91 bits per heavy atom. The number of hydrogen-bond donors (Lipinski definition) is 3. The standard InChI is InChI=1S/C15H9BrClFN2O2S.C10H8BrFO4S.C6H4BrFOS.CH4O.Ar.ClH3N2/c1-22-15(21)13-12(18)14(10-6-7-11(16)23-10)20(19-13)9-5-3-2-4-8(9)17;1-2-16-10(15)9(14)7(12)8(13)5-3-4-6(11)17-5;7-6-2-1-5(10-6)4(9)3-8;1-2;;1-3-2/h2-7H,1H3;3-4,7H,2H2,1H3;1-2H,3H2;2H,1H3;;3H,2H2. The van der Waals surface area contributed by atoms with Crippen molar-refractivity contribution < 1.29 is 89.5 Å². The molecule has 306 valence electrons. The fraction of sp³-hybridized carbons (Fsp3) is 0.188. The number of halogens is 8. The predicted octanol–water partition coefficient (Wildman–Crippen LogP) is 8.98. The largest absolute Gasteiger partial charge is 0.464 e. The Labute approximate surface area is 395 Å². The number of esters is 2. The number of rotatable bonds is 10. The summed E-state index contributed by atoms with van der Waals surface area (Å²) in [4.78, 5) is 58.9. The van der Waals surface area contributed by atoms with Crippen LogP contribution in [-0.2, 0) is 19.1 Å². The summed E-state index contributed by atoms with van der Waals surface area (Å²) in [6.07, 6.45) is -2.50. The van der Waals surface area contributed by atoms with Crippen LogP contribution in [-0.4, -0.2) is 77.8 Å². The molecule has 0 radical (unpaired) electrons. The fourth-order valence-corrected chi connectivity index (χ4v) is 7.88. The zero-order chi connectivity index (χ0) is 41.8. The van der Waals surface area contributed by atoms with Gasteiger partial charge in [0.05, 0.1) is 50.4 Å². The van der Waals surface area contributed by atoms with Crippen molar-refractivity contribution in [3.05, 3.63) is 98.3 Å². The molecule has 5 rings (SSSR count). The molecule has 4 heterocycles. The van der Waals surface area contributed by atoms with Crippen molar-refractivity contribution in [1.82, 2.24) is 14.7 Å². The van der Waals surface area contributed by atoms with Gasteiger partial charge in [-0.3, -0.25) is 20.2 Å². The van der Waals surface area contributed by atoms with Gasteiger partial charge in [0, 0.05) is 44.8 Å². The van der Waals surface area contributed by atoms with E-state index in [1.807, 2.05) is 0 Å². The number of carbonyl (C=O) groups is 5. The maximum Gasteiger partial charge on any atom is 0.378 e. The number of nitrogens with zero attached hydrogens (tertiary/aromatic N) is 2. The Kier molecular flexibility index (Phi) is 28.0. The molecule has 12 nitrogen and oxygen atoms in total. The van der Waals surface area contributed by atoms with Crippen LogP contribution >= 0.6 is 105 Å². The third kappa shape index (κ3) is 16.6. The number of carbonyl (C=O) groups excluding carboxylic acids is 5. The monoisotopic (exact) mass is 1100 g/mol.